The van der Waals surface area contributed by atoms with Crippen molar-refractivity contribution in [3.05, 3.63) is 18.3 Å². The van der Waals surface area contributed by atoms with E-state index in [2.05, 4.69) is 15.1 Å². The zero-order chi connectivity index (χ0) is 12.3. The van der Waals surface area contributed by atoms with Crippen LogP contribution in [-0.2, 0) is 0 Å². The monoisotopic (exact) mass is 233 g/mol. The highest BCUT2D eigenvalue weighted by atomic mass is 16.5. The van der Waals surface area contributed by atoms with Crippen molar-refractivity contribution in [1.29, 1.82) is 0 Å². The molecular weight excluding hydrogens is 218 g/mol. The van der Waals surface area contributed by atoms with Crippen LogP contribution in [0.5, 0.6) is 0 Å². The van der Waals surface area contributed by atoms with Gasteiger partial charge in [-0.2, -0.15) is 4.98 Å². The summed E-state index contributed by atoms with van der Waals surface area (Å²) in [6, 6.07) is 3.52. The lowest BCUT2D eigenvalue weighted by Gasteiger charge is -2.14. The molecule has 0 radical (unpaired) electrons. The highest BCUT2D eigenvalue weighted by Gasteiger charge is 2.15. The number of nitrogens with two attached hydrogens (primary N) is 1. The summed E-state index contributed by atoms with van der Waals surface area (Å²) < 4.78 is 5.17. The van der Waals surface area contributed by atoms with Crippen molar-refractivity contribution in [3.63, 3.8) is 0 Å². The molecule has 2 N–H and O–H groups in total. The third kappa shape index (κ3) is 2.20. The van der Waals surface area contributed by atoms with E-state index < -0.39 is 0 Å². The zero-order valence-corrected chi connectivity index (χ0v) is 9.92. The van der Waals surface area contributed by atoms with Gasteiger partial charge in [0.25, 0.3) is 11.8 Å². The number of hydrogen-bond acceptors (Lipinski definition) is 6. The van der Waals surface area contributed by atoms with Gasteiger partial charge in [-0.05, 0) is 31.1 Å². The smallest absolute Gasteiger partial charge is 0.280 e. The van der Waals surface area contributed by atoms with Crippen LogP contribution in [0.1, 0.15) is 13.8 Å². The van der Waals surface area contributed by atoms with Crippen LogP contribution in [-0.4, -0.2) is 28.2 Å². The van der Waals surface area contributed by atoms with Crippen LogP contribution in [0.15, 0.2) is 22.9 Å². The van der Waals surface area contributed by atoms with Crippen molar-refractivity contribution in [2.24, 2.45) is 0 Å². The van der Waals surface area contributed by atoms with E-state index in [9.17, 15) is 0 Å². The summed E-state index contributed by atoms with van der Waals surface area (Å²) in [6.07, 6.45) is 1.65. The van der Waals surface area contributed by atoms with Gasteiger partial charge < -0.3 is 15.2 Å². The summed E-state index contributed by atoms with van der Waals surface area (Å²) in [5.74, 6) is 0.917. The molecule has 0 amide bonds. The molecule has 2 heterocycles. The molecule has 0 saturated carbocycles. The lowest BCUT2D eigenvalue weighted by Crippen LogP contribution is -2.22. The molecule has 0 aliphatic heterocycles. The molecule has 17 heavy (non-hydrogen) atoms. The highest BCUT2D eigenvalue weighted by molar-refractivity contribution is 5.65. The number of pyridine rings is 1. The van der Waals surface area contributed by atoms with Gasteiger partial charge in [0.05, 0.1) is 5.69 Å². The second kappa shape index (κ2) is 4.82. The van der Waals surface area contributed by atoms with E-state index in [-0.39, 0.29) is 0 Å². The van der Waals surface area contributed by atoms with Crippen molar-refractivity contribution in [3.8, 4) is 11.6 Å². The van der Waals surface area contributed by atoms with Gasteiger partial charge in [-0.15, -0.1) is 0 Å². The summed E-state index contributed by atoms with van der Waals surface area (Å²) in [6.45, 7) is 5.73. The first-order valence-corrected chi connectivity index (χ1v) is 5.55. The number of anilines is 2. The maximum atomic E-state index is 5.80. The van der Waals surface area contributed by atoms with Gasteiger partial charge in [0.2, 0.25) is 0 Å². The van der Waals surface area contributed by atoms with E-state index in [0.717, 1.165) is 13.1 Å². The van der Waals surface area contributed by atoms with Crippen molar-refractivity contribution < 1.29 is 4.52 Å². The van der Waals surface area contributed by atoms with Gasteiger partial charge in [-0.1, -0.05) is 0 Å². The van der Waals surface area contributed by atoms with Crippen molar-refractivity contribution in [2.75, 3.05) is 23.7 Å². The van der Waals surface area contributed by atoms with Gasteiger partial charge in [0, 0.05) is 19.3 Å². The maximum Gasteiger partial charge on any atom is 0.280 e. The predicted octanol–water partition coefficient (Wildman–Crippen LogP) is 1.56. The fourth-order valence-corrected chi connectivity index (χ4v) is 1.54. The molecule has 90 valence electrons. The van der Waals surface area contributed by atoms with Crippen molar-refractivity contribution in [1.82, 2.24) is 15.1 Å². The molecule has 2 aromatic heterocycles. The first-order chi connectivity index (χ1) is 8.26. The molecule has 0 aromatic carbocycles. The normalized spacial score (nSPS) is 10.5. The van der Waals surface area contributed by atoms with Crippen LogP contribution >= 0.6 is 0 Å². The topological polar surface area (TPSA) is 81.1 Å². The second-order valence-electron chi connectivity index (χ2n) is 3.51. The van der Waals surface area contributed by atoms with Gasteiger partial charge in [0.1, 0.15) is 0 Å². The standard InChI is InChI=1S/C11H15N5O/c1-3-16(4-2)11-14-10(17-15-11)9-8(12)6-5-7-13-9/h5-7H,3-4,12H2,1-2H3. The van der Waals surface area contributed by atoms with Gasteiger partial charge in [-0.3, -0.25) is 0 Å². The molecule has 2 rings (SSSR count). The van der Waals surface area contributed by atoms with Crippen LogP contribution in [0.25, 0.3) is 11.6 Å². The third-order valence-corrected chi connectivity index (χ3v) is 2.50. The minimum atomic E-state index is 0.352. The molecule has 0 saturated heterocycles. The fourth-order valence-electron chi connectivity index (χ4n) is 1.54. The van der Waals surface area contributed by atoms with Crippen LogP contribution < -0.4 is 10.6 Å². The SMILES string of the molecule is CCN(CC)c1noc(-c2ncccc2N)n1. The molecular formula is C11H15N5O. The summed E-state index contributed by atoms with van der Waals surface area (Å²) in [5, 5.41) is 3.92. The predicted molar refractivity (Wildman–Crippen MR) is 65.5 cm³/mol. The summed E-state index contributed by atoms with van der Waals surface area (Å²) in [5.41, 5.74) is 6.86. The molecule has 0 unspecified atom stereocenters. The lowest BCUT2D eigenvalue weighted by molar-refractivity contribution is 0.428. The molecule has 0 spiro atoms. The zero-order valence-electron chi connectivity index (χ0n) is 9.92. The average Bonchev–Trinajstić information content (AvgIpc) is 2.81. The molecule has 0 aliphatic rings. The summed E-state index contributed by atoms with van der Waals surface area (Å²) in [4.78, 5) is 10.4. The average molecular weight is 233 g/mol. The quantitative estimate of drug-likeness (QED) is 0.863. The third-order valence-electron chi connectivity index (χ3n) is 2.50. The molecule has 0 fully saturated rings. The Morgan fingerprint density at radius 3 is 2.76 bits per heavy atom. The second-order valence-corrected chi connectivity index (χ2v) is 3.51. The van der Waals surface area contributed by atoms with Crippen molar-refractivity contribution in [2.45, 2.75) is 13.8 Å². The van der Waals surface area contributed by atoms with E-state index in [1.807, 2.05) is 18.7 Å². The first-order valence-electron chi connectivity index (χ1n) is 5.55. The molecule has 0 bridgehead atoms. The van der Waals surface area contributed by atoms with Crippen LogP contribution in [0.4, 0.5) is 11.6 Å². The highest BCUT2D eigenvalue weighted by Crippen LogP contribution is 2.22. The molecule has 2 aromatic rings. The lowest BCUT2D eigenvalue weighted by atomic mass is 10.3. The minimum Gasteiger partial charge on any atom is -0.397 e. The molecule has 6 heteroatoms. The molecule has 0 aliphatic carbocycles. The van der Waals surface area contributed by atoms with Crippen LogP contribution in [0.2, 0.25) is 0 Å². The Morgan fingerprint density at radius 2 is 2.12 bits per heavy atom. The molecule has 0 atom stereocenters. The van der Waals surface area contributed by atoms with E-state index in [1.165, 1.54) is 0 Å². The van der Waals surface area contributed by atoms with Crippen molar-refractivity contribution >= 4 is 11.6 Å². The number of rotatable bonds is 4. The minimum absolute atomic E-state index is 0.352. The first kappa shape index (κ1) is 11.4. The Labute approximate surface area is 99.5 Å². The van der Waals surface area contributed by atoms with Gasteiger partial charge >= 0.3 is 0 Å². The number of hydrogen-bond donors (Lipinski definition) is 1. The fraction of sp³-hybridized carbons (Fsp3) is 0.364. The summed E-state index contributed by atoms with van der Waals surface area (Å²) >= 11 is 0. The number of nitrogens with zero attached hydrogens (tertiary/aromatic N) is 4. The Morgan fingerprint density at radius 1 is 1.35 bits per heavy atom. The Bertz CT molecular complexity index is 492. The summed E-state index contributed by atoms with van der Waals surface area (Å²) in [7, 11) is 0. The number of aromatic nitrogens is 3. The van der Waals surface area contributed by atoms with E-state index >= 15 is 0 Å². The maximum absolute atomic E-state index is 5.80. The van der Waals surface area contributed by atoms with E-state index in [4.69, 9.17) is 10.3 Å². The van der Waals surface area contributed by atoms with E-state index in [0.29, 0.717) is 23.2 Å². The van der Waals surface area contributed by atoms with Crippen LogP contribution in [0.3, 0.4) is 0 Å². The molecule has 6 nitrogen and oxygen atoms in total. The largest absolute Gasteiger partial charge is 0.397 e. The van der Waals surface area contributed by atoms with Gasteiger partial charge in [-0.25, -0.2) is 4.98 Å². The Kier molecular flexibility index (Phi) is 3.22. The van der Waals surface area contributed by atoms with Gasteiger partial charge in [0.15, 0.2) is 5.69 Å². The number of nitrogen functional groups attached to an aromatic ring is 1. The Hall–Kier alpha value is -2.11. The Balaban J connectivity index is 2.33. The van der Waals surface area contributed by atoms with E-state index in [1.54, 1.807) is 18.3 Å². The van der Waals surface area contributed by atoms with Crippen LogP contribution in [0, 0.1) is 0 Å².